The maximum atomic E-state index is 11.9. The van der Waals surface area contributed by atoms with Gasteiger partial charge in [0.25, 0.3) is 0 Å². The van der Waals surface area contributed by atoms with E-state index in [1.54, 1.807) is 0 Å². The lowest BCUT2D eigenvalue weighted by molar-refractivity contribution is 0.402. The SMILES string of the molecule is COc1ccnc(Nc2cc(N)ncn2)c1S(C)(=O)=O. The molecule has 0 atom stereocenters. The standard InChI is InChI=1S/C11H13N5O3S/c1-19-7-3-4-13-11(10(7)20(2,17)18)16-9-5-8(12)14-6-15-9/h3-6H,1-2H3,(H3,12,13,14,15,16). The van der Waals surface area contributed by atoms with Crippen molar-refractivity contribution < 1.29 is 13.2 Å². The van der Waals surface area contributed by atoms with E-state index in [4.69, 9.17) is 10.5 Å². The summed E-state index contributed by atoms with van der Waals surface area (Å²) in [7, 11) is -2.15. The number of nitrogen functional groups attached to an aromatic ring is 1. The van der Waals surface area contributed by atoms with E-state index < -0.39 is 9.84 Å². The van der Waals surface area contributed by atoms with Gasteiger partial charge in [0.05, 0.1) is 7.11 Å². The van der Waals surface area contributed by atoms with Crippen molar-refractivity contribution in [1.29, 1.82) is 0 Å². The van der Waals surface area contributed by atoms with Crippen molar-refractivity contribution in [2.24, 2.45) is 0 Å². The predicted octanol–water partition coefficient (Wildman–Crippen LogP) is 0.609. The number of pyridine rings is 1. The summed E-state index contributed by atoms with van der Waals surface area (Å²) in [6, 6.07) is 2.93. The molecule has 0 fully saturated rings. The first-order chi connectivity index (χ1) is 9.41. The molecule has 20 heavy (non-hydrogen) atoms. The molecule has 2 aromatic rings. The summed E-state index contributed by atoms with van der Waals surface area (Å²) in [5, 5.41) is 2.79. The molecule has 9 heteroatoms. The Morgan fingerprint density at radius 3 is 2.65 bits per heavy atom. The van der Waals surface area contributed by atoms with Crippen molar-refractivity contribution in [3.63, 3.8) is 0 Å². The van der Waals surface area contributed by atoms with Gasteiger partial charge in [0.15, 0.2) is 20.6 Å². The molecule has 0 radical (unpaired) electrons. The third-order valence-corrected chi connectivity index (χ3v) is 3.53. The van der Waals surface area contributed by atoms with Gasteiger partial charge in [0.1, 0.15) is 23.7 Å². The van der Waals surface area contributed by atoms with Gasteiger partial charge < -0.3 is 15.8 Å². The normalized spacial score (nSPS) is 11.1. The maximum Gasteiger partial charge on any atom is 0.182 e. The number of anilines is 3. The van der Waals surface area contributed by atoms with Crippen molar-refractivity contribution in [2.75, 3.05) is 24.4 Å². The summed E-state index contributed by atoms with van der Waals surface area (Å²) < 4.78 is 28.8. The first-order valence-corrected chi connectivity index (χ1v) is 7.38. The second kappa shape index (κ2) is 5.29. The Bertz CT molecular complexity index is 733. The van der Waals surface area contributed by atoms with Gasteiger partial charge in [-0.05, 0) is 6.07 Å². The molecule has 0 aliphatic heterocycles. The molecule has 0 aliphatic rings. The van der Waals surface area contributed by atoms with Crippen LogP contribution in [0.5, 0.6) is 5.75 Å². The number of hydrogen-bond donors (Lipinski definition) is 2. The Balaban J connectivity index is 2.52. The van der Waals surface area contributed by atoms with Gasteiger partial charge in [0.2, 0.25) is 0 Å². The first-order valence-electron chi connectivity index (χ1n) is 5.49. The molecule has 0 spiro atoms. The quantitative estimate of drug-likeness (QED) is 0.841. The van der Waals surface area contributed by atoms with Crippen molar-refractivity contribution in [3.05, 3.63) is 24.7 Å². The third kappa shape index (κ3) is 2.94. The number of nitrogens with zero attached hydrogens (tertiary/aromatic N) is 3. The van der Waals surface area contributed by atoms with Gasteiger partial charge in [-0.2, -0.15) is 0 Å². The van der Waals surface area contributed by atoms with E-state index in [0.29, 0.717) is 5.82 Å². The highest BCUT2D eigenvalue weighted by molar-refractivity contribution is 7.91. The van der Waals surface area contributed by atoms with Gasteiger partial charge in [-0.3, -0.25) is 0 Å². The van der Waals surface area contributed by atoms with Crippen molar-refractivity contribution in [1.82, 2.24) is 15.0 Å². The number of nitrogens with two attached hydrogens (primary N) is 1. The highest BCUT2D eigenvalue weighted by Gasteiger charge is 2.21. The van der Waals surface area contributed by atoms with Gasteiger partial charge in [-0.15, -0.1) is 0 Å². The molecule has 2 aromatic heterocycles. The van der Waals surface area contributed by atoms with Crippen molar-refractivity contribution in [2.45, 2.75) is 4.90 Å². The zero-order chi connectivity index (χ0) is 14.8. The summed E-state index contributed by atoms with van der Waals surface area (Å²) in [5.41, 5.74) is 5.54. The monoisotopic (exact) mass is 295 g/mol. The lowest BCUT2D eigenvalue weighted by atomic mass is 10.4. The highest BCUT2D eigenvalue weighted by atomic mass is 32.2. The fraction of sp³-hybridized carbons (Fsp3) is 0.182. The van der Waals surface area contributed by atoms with E-state index in [1.807, 2.05) is 0 Å². The number of rotatable bonds is 4. The smallest absolute Gasteiger partial charge is 0.182 e. The van der Waals surface area contributed by atoms with Crippen LogP contribution in [0.2, 0.25) is 0 Å². The van der Waals surface area contributed by atoms with Crippen LogP contribution in [0.25, 0.3) is 0 Å². The average molecular weight is 295 g/mol. The Morgan fingerprint density at radius 2 is 2.05 bits per heavy atom. The summed E-state index contributed by atoms with van der Waals surface area (Å²) >= 11 is 0. The topological polar surface area (TPSA) is 120 Å². The van der Waals surface area contributed by atoms with Gasteiger partial charge in [0, 0.05) is 18.5 Å². The molecule has 0 aliphatic carbocycles. The van der Waals surface area contributed by atoms with Crippen LogP contribution in [-0.2, 0) is 9.84 Å². The number of methoxy groups -OCH3 is 1. The van der Waals surface area contributed by atoms with E-state index in [1.165, 1.54) is 31.8 Å². The van der Waals surface area contributed by atoms with Crippen LogP contribution < -0.4 is 15.8 Å². The molecular weight excluding hydrogens is 282 g/mol. The number of aromatic nitrogens is 3. The second-order valence-corrected chi connectivity index (χ2v) is 5.87. The minimum Gasteiger partial charge on any atom is -0.495 e. The summed E-state index contributed by atoms with van der Waals surface area (Å²) in [4.78, 5) is 11.7. The van der Waals surface area contributed by atoms with Gasteiger partial charge in [-0.1, -0.05) is 0 Å². The maximum absolute atomic E-state index is 11.9. The van der Waals surface area contributed by atoms with Crippen LogP contribution >= 0.6 is 0 Å². The second-order valence-electron chi connectivity index (χ2n) is 3.92. The molecule has 2 rings (SSSR count). The fourth-order valence-electron chi connectivity index (χ4n) is 1.60. The molecule has 0 saturated carbocycles. The lowest BCUT2D eigenvalue weighted by Crippen LogP contribution is -2.08. The molecular formula is C11H13N5O3S. The lowest BCUT2D eigenvalue weighted by Gasteiger charge is -2.12. The van der Waals surface area contributed by atoms with E-state index in [2.05, 4.69) is 20.3 Å². The van der Waals surface area contributed by atoms with Gasteiger partial charge >= 0.3 is 0 Å². The van der Waals surface area contributed by atoms with Crippen LogP contribution in [0, 0.1) is 0 Å². The van der Waals surface area contributed by atoms with E-state index in [-0.39, 0.29) is 22.3 Å². The molecule has 8 nitrogen and oxygen atoms in total. The largest absolute Gasteiger partial charge is 0.495 e. The molecule has 3 N–H and O–H groups in total. The molecule has 0 saturated heterocycles. The number of sulfone groups is 1. The minimum absolute atomic E-state index is 0.0420. The third-order valence-electron chi connectivity index (χ3n) is 2.39. The van der Waals surface area contributed by atoms with E-state index >= 15 is 0 Å². The van der Waals surface area contributed by atoms with E-state index in [9.17, 15) is 8.42 Å². The zero-order valence-electron chi connectivity index (χ0n) is 10.9. The molecule has 0 bridgehead atoms. The molecule has 106 valence electrons. The van der Waals surface area contributed by atoms with Crippen LogP contribution in [0.15, 0.2) is 29.6 Å². The Hall–Kier alpha value is -2.42. The van der Waals surface area contributed by atoms with Crippen LogP contribution in [0.1, 0.15) is 0 Å². The molecule has 0 unspecified atom stereocenters. The average Bonchev–Trinajstić information content (AvgIpc) is 2.37. The number of hydrogen-bond acceptors (Lipinski definition) is 8. The van der Waals surface area contributed by atoms with E-state index in [0.717, 1.165) is 6.26 Å². The van der Waals surface area contributed by atoms with Gasteiger partial charge in [-0.25, -0.2) is 23.4 Å². The Morgan fingerprint density at radius 1 is 1.30 bits per heavy atom. The predicted molar refractivity (Wildman–Crippen MR) is 73.6 cm³/mol. The fourth-order valence-corrected chi connectivity index (χ4v) is 2.57. The van der Waals surface area contributed by atoms with Crippen molar-refractivity contribution in [3.8, 4) is 5.75 Å². The van der Waals surface area contributed by atoms with Crippen LogP contribution in [-0.4, -0.2) is 36.7 Å². The van der Waals surface area contributed by atoms with Crippen LogP contribution in [0.4, 0.5) is 17.5 Å². The zero-order valence-corrected chi connectivity index (χ0v) is 11.7. The molecule has 0 aromatic carbocycles. The Kier molecular flexibility index (Phi) is 3.70. The Labute approximate surface area is 116 Å². The first kappa shape index (κ1) is 14.0. The summed E-state index contributed by atoms with van der Waals surface area (Å²) in [5.74, 6) is 0.909. The highest BCUT2D eigenvalue weighted by Crippen LogP contribution is 2.30. The molecule has 0 amide bonds. The van der Waals surface area contributed by atoms with Crippen LogP contribution in [0.3, 0.4) is 0 Å². The van der Waals surface area contributed by atoms with Crippen molar-refractivity contribution >= 4 is 27.3 Å². The minimum atomic E-state index is -3.53. The number of ether oxygens (including phenoxy) is 1. The summed E-state index contributed by atoms with van der Waals surface area (Å²) in [6.45, 7) is 0. The molecule has 2 heterocycles. The number of nitrogens with one attached hydrogen (secondary N) is 1. The summed E-state index contributed by atoms with van der Waals surface area (Å²) in [6.07, 6.45) is 3.77.